The number of aryl methyl sites for hydroxylation is 2. The largest absolute Gasteiger partial charge is 0.292 e. The number of sulfonamides is 1. The molecule has 1 fully saturated rings. The van der Waals surface area contributed by atoms with Crippen LogP contribution in [0.5, 0.6) is 0 Å². The van der Waals surface area contributed by atoms with E-state index in [2.05, 4.69) is 0 Å². The van der Waals surface area contributed by atoms with Gasteiger partial charge in [0.1, 0.15) is 0 Å². The van der Waals surface area contributed by atoms with Gasteiger partial charge in [-0.05, 0) is 44.4 Å². The highest BCUT2D eigenvalue weighted by Gasteiger charge is 2.40. The van der Waals surface area contributed by atoms with Crippen molar-refractivity contribution in [2.24, 2.45) is 0 Å². The van der Waals surface area contributed by atoms with E-state index in [0.717, 1.165) is 17.2 Å². The fourth-order valence-corrected chi connectivity index (χ4v) is 5.06. The van der Waals surface area contributed by atoms with Crippen molar-refractivity contribution in [3.05, 3.63) is 69.3 Å². The summed E-state index contributed by atoms with van der Waals surface area (Å²) in [5.74, 6) is -0.234. The third kappa shape index (κ3) is 3.63. The van der Waals surface area contributed by atoms with E-state index in [1.54, 1.807) is 6.07 Å². The molecule has 1 heterocycles. The van der Waals surface area contributed by atoms with E-state index in [4.69, 9.17) is 0 Å². The van der Waals surface area contributed by atoms with Crippen LogP contribution in [0.15, 0.2) is 47.4 Å². The van der Waals surface area contributed by atoms with E-state index < -0.39 is 21.0 Å². The molecule has 8 heteroatoms. The molecule has 0 saturated carbocycles. The summed E-state index contributed by atoms with van der Waals surface area (Å²) >= 11 is 0. The Morgan fingerprint density at radius 3 is 2.63 bits per heavy atom. The molecule has 142 valence electrons. The van der Waals surface area contributed by atoms with Crippen LogP contribution in [-0.2, 0) is 10.0 Å². The molecule has 1 aliphatic heterocycles. The van der Waals surface area contributed by atoms with Gasteiger partial charge in [-0.25, -0.2) is 8.42 Å². The monoisotopic (exact) mass is 388 g/mol. The zero-order valence-electron chi connectivity index (χ0n) is 15.1. The summed E-state index contributed by atoms with van der Waals surface area (Å²) in [7, 11) is -4.01. The van der Waals surface area contributed by atoms with Crippen molar-refractivity contribution >= 4 is 21.5 Å². The van der Waals surface area contributed by atoms with Crippen LogP contribution in [0.4, 0.5) is 5.69 Å². The lowest BCUT2D eigenvalue weighted by molar-refractivity contribution is -0.385. The van der Waals surface area contributed by atoms with Crippen molar-refractivity contribution in [3.8, 4) is 0 Å². The van der Waals surface area contributed by atoms with Crippen LogP contribution in [0.25, 0.3) is 0 Å². The Morgan fingerprint density at radius 2 is 1.93 bits per heavy atom. The Labute approximate surface area is 157 Å². The molecule has 0 bridgehead atoms. The molecule has 0 radical (unpaired) electrons. The van der Waals surface area contributed by atoms with E-state index >= 15 is 0 Å². The second-order valence-electron chi connectivity index (χ2n) is 6.71. The second kappa shape index (κ2) is 7.21. The fraction of sp³-hybridized carbons (Fsp3) is 0.316. The first-order chi connectivity index (χ1) is 12.7. The van der Waals surface area contributed by atoms with Crippen molar-refractivity contribution in [2.75, 3.05) is 6.54 Å². The van der Waals surface area contributed by atoms with Crippen molar-refractivity contribution in [2.45, 2.75) is 37.6 Å². The molecule has 1 saturated heterocycles. The van der Waals surface area contributed by atoms with E-state index in [1.807, 2.05) is 26.0 Å². The highest BCUT2D eigenvalue weighted by atomic mass is 32.2. The third-order valence-corrected chi connectivity index (χ3v) is 6.70. The van der Waals surface area contributed by atoms with Gasteiger partial charge in [0.05, 0.1) is 15.9 Å². The molecule has 27 heavy (non-hydrogen) atoms. The minimum atomic E-state index is -4.01. The molecule has 0 aromatic heterocycles. The average molecular weight is 388 g/mol. The third-order valence-electron chi connectivity index (χ3n) is 4.80. The van der Waals surface area contributed by atoms with Crippen molar-refractivity contribution in [1.82, 2.24) is 4.31 Å². The van der Waals surface area contributed by atoms with Gasteiger partial charge in [0.15, 0.2) is 5.78 Å². The first kappa shape index (κ1) is 19.2. The zero-order chi connectivity index (χ0) is 19.8. The Hall–Kier alpha value is -2.58. The lowest BCUT2D eigenvalue weighted by Crippen LogP contribution is -2.40. The van der Waals surface area contributed by atoms with E-state index in [0.29, 0.717) is 18.4 Å². The number of benzene rings is 2. The number of carbonyl (C=O) groups excluding carboxylic acids is 1. The molecule has 1 aliphatic rings. The lowest BCUT2D eigenvalue weighted by atomic mass is 9.97. The number of nitro benzene ring substituents is 1. The van der Waals surface area contributed by atoms with Crippen LogP contribution in [0, 0.1) is 24.0 Å². The molecule has 0 aliphatic carbocycles. The number of ketones is 1. The molecule has 0 N–H and O–H groups in total. The molecule has 3 rings (SSSR count). The Balaban J connectivity index is 1.98. The highest BCUT2D eigenvalue weighted by molar-refractivity contribution is 7.89. The number of hydrogen-bond acceptors (Lipinski definition) is 5. The van der Waals surface area contributed by atoms with Crippen molar-refractivity contribution < 1.29 is 18.1 Å². The number of rotatable bonds is 5. The molecule has 0 spiro atoms. The Bertz CT molecular complexity index is 1020. The van der Waals surface area contributed by atoms with E-state index in [-0.39, 0.29) is 22.9 Å². The predicted molar refractivity (Wildman–Crippen MR) is 100 cm³/mol. The topological polar surface area (TPSA) is 97.6 Å². The molecular formula is C19H20N2O5S. The fourth-order valence-electron chi connectivity index (χ4n) is 3.36. The summed E-state index contributed by atoms with van der Waals surface area (Å²) in [5, 5.41) is 11.0. The molecular weight excluding hydrogens is 368 g/mol. The molecule has 2 aromatic rings. The Kier molecular flexibility index (Phi) is 5.12. The maximum atomic E-state index is 13.1. The van der Waals surface area contributed by atoms with E-state index in [9.17, 15) is 23.3 Å². The van der Waals surface area contributed by atoms with E-state index in [1.165, 1.54) is 22.5 Å². The van der Waals surface area contributed by atoms with Gasteiger partial charge in [-0.15, -0.1) is 0 Å². The van der Waals surface area contributed by atoms with Crippen molar-refractivity contribution in [1.29, 1.82) is 0 Å². The van der Waals surface area contributed by atoms with Gasteiger partial charge < -0.3 is 0 Å². The maximum Gasteiger partial charge on any atom is 0.270 e. The smallest absolute Gasteiger partial charge is 0.270 e. The number of Topliss-reactive ketones (excluding diaryl/α,β-unsaturated/α-hetero) is 1. The van der Waals surface area contributed by atoms with Crippen LogP contribution in [0.1, 0.15) is 34.3 Å². The summed E-state index contributed by atoms with van der Waals surface area (Å²) in [6.07, 6.45) is 0.996. The van der Waals surface area contributed by atoms with Crippen LogP contribution in [-0.4, -0.2) is 36.0 Å². The molecule has 7 nitrogen and oxygen atoms in total. The normalized spacial score (nSPS) is 17.8. The van der Waals surface area contributed by atoms with Gasteiger partial charge in [-0.3, -0.25) is 14.9 Å². The predicted octanol–water partition coefficient (Wildman–Crippen LogP) is 3.25. The van der Waals surface area contributed by atoms with Gasteiger partial charge >= 0.3 is 0 Å². The van der Waals surface area contributed by atoms with Crippen LogP contribution < -0.4 is 0 Å². The zero-order valence-corrected chi connectivity index (χ0v) is 15.9. The van der Waals surface area contributed by atoms with Gasteiger partial charge in [0.25, 0.3) is 5.69 Å². The summed E-state index contributed by atoms with van der Waals surface area (Å²) < 4.78 is 27.3. The SMILES string of the molecule is Cc1ccc(C)c(C(=O)C2CCCN2S(=O)(=O)c2cccc([N+](=O)[O-])c2)c1. The average Bonchev–Trinajstić information content (AvgIpc) is 3.14. The van der Waals surface area contributed by atoms with Crippen LogP contribution in [0.2, 0.25) is 0 Å². The van der Waals surface area contributed by atoms with Gasteiger partial charge in [0.2, 0.25) is 10.0 Å². The number of nitrogens with zero attached hydrogens (tertiary/aromatic N) is 2. The number of nitro groups is 1. The molecule has 0 amide bonds. The van der Waals surface area contributed by atoms with Crippen LogP contribution >= 0.6 is 0 Å². The molecule has 1 atom stereocenters. The van der Waals surface area contributed by atoms with Crippen LogP contribution in [0.3, 0.4) is 0 Å². The minimum absolute atomic E-state index is 0.169. The lowest BCUT2D eigenvalue weighted by Gasteiger charge is -2.23. The summed E-state index contributed by atoms with van der Waals surface area (Å²) in [4.78, 5) is 23.2. The van der Waals surface area contributed by atoms with Gasteiger partial charge in [-0.1, -0.05) is 23.8 Å². The quantitative estimate of drug-likeness (QED) is 0.445. The molecule has 2 aromatic carbocycles. The van der Waals surface area contributed by atoms with Gasteiger partial charge in [-0.2, -0.15) is 4.31 Å². The first-order valence-corrected chi connectivity index (χ1v) is 10.0. The Morgan fingerprint density at radius 1 is 1.19 bits per heavy atom. The highest BCUT2D eigenvalue weighted by Crippen LogP contribution is 2.30. The summed E-state index contributed by atoms with van der Waals surface area (Å²) in [5.41, 5.74) is 1.94. The summed E-state index contributed by atoms with van der Waals surface area (Å²) in [6.45, 7) is 3.91. The second-order valence-corrected chi connectivity index (χ2v) is 8.60. The van der Waals surface area contributed by atoms with Gasteiger partial charge in [0, 0.05) is 24.2 Å². The number of carbonyl (C=O) groups is 1. The van der Waals surface area contributed by atoms with Crippen molar-refractivity contribution in [3.63, 3.8) is 0 Å². The minimum Gasteiger partial charge on any atom is -0.292 e. The maximum absolute atomic E-state index is 13.1. The number of non-ortho nitro benzene ring substituents is 1. The summed E-state index contributed by atoms with van der Waals surface area (Å²) in [6, 6.07) is 9.65. The number of hydrogen-bond donors (Lipinski definition) is 0. The molecule has 1 unspecified atom stereocenters. The standard InChI is InChI=1S/C19H20N2O5S/c1-13-8-9-14(2)17(11-13)19(22)18-7-4-10-20(18)27(25,26)16-6-3-5-15(12-16)21(23)24/h3,5-6,8-9,11-12,18H,4,7,10H2,1-2H3. The first-order valence-electron chi connectivity index (χ1n) is 8.59.